The minimum Gasteiger partial charge on any atom is -0.495 e. The van der Waals surface area contributed by atoms with E-state index in [1.165, 1.54) is 7.11 Å². The van der Waals surface area contributed by atoms with E-state index in [0.717, 1.165) is 17.1 Å². The summed E-state index contributed by atoms with van der Waals surface area (Å²) in [6, 6.07) is 14.3. The summed E-state index contributed by atoms with van der Waals surface area (Å²) in [6.07, 6.45) is -0.593. The Morgan fingerprint density at radius 1 is 1.17 bits per heavy atom. The van der Waals surface area contributed by atoms with Gasteiger partial charge in [0.15, 0.2) is 4.88 Å². The van der Waals surface area contributed by atoms with Crippen molar-refractivity contribution in [3.05, 3.63) is 70.2 Å². The van der Waals surface area contributed by atoms with Crippen LogP contribution in [-0.4, -0.2) is 28.6 Å². The van der Waals surface area contributed by atoms with Crippen LogP contribution < -0.4 is 10.1 Å². The number of esters is 1. The fraction of sp³-hybridized carbons (Fsp3) is 0.238. The topological polar surface area (TPSA) is 90.4 Å². The van der Waals surface area contributed by atoms with Crippen LogP contribution in [0.15, 0.2) is 48.5 Å². The van der Waals surface area contributed by atoms with Crippen LogP contribution in [0.3, 0.4) is 0 Å². The lowest BCUT2D eigenvalue weighted by atomic mass is 10.1. The molecule has 1 heterocycles. The van der Waals surface area contributed by atoms with E-state index in [4.69, 9.17) is 9.47 Å². The molecule has 0 aliphatic rings. The summed E-state index contributed by atoms with van der Waals surface area (Å²) in [4.78, 5) is 26.1. The summed E-state index contributed by atoms with van der Waals surface area (Å²) >= 11 is 0.956. The minimum absolute atomic E-state index is 0.300. The van der Waals surface area contributed by atoms with Gasteiger partial charge in [0.2, 0.25) is 6.10 Å². The van der Waals surface area contributed by atoms with Gasteiger partial charge < -0.3 is 14.8 Å². The highest BCUT2D eigenvalue weighted by Crippen LogP contribution is 2.28. The highest BCUT2D eigenvalue weighted by molar-refractivity contribution is 7.07. The molecule has 0 spiro atoms. The number of hydrogen-bond donors (Lipinski definition) is 1. The van der Waals surface area contributed by atoms with Crippen LogP contribution in [0.5, 0.6) is 5.75 Å². The molecule has 0 aliphatic carbocycles. The van der Waals surface area contributed by atoms with E-state index in [-0.39, 0.29) is 0 Å². The first-order valence-electron chi connectivity index (χ1n) is 9.06. The lowest BCUT2D eigenvalue weighted by molar-refractivity contribution is -0.125. The number of aryl methyl sites for hydroxylation is 2. The molecule has 1 aromatic heterocycles. The monoisotopic (exact) mass is 411 g/mol. The first kappa shape index (κ1) is 20.5. The smallest absolute Gasteiger partial charge is 0.353 e. The van der Waals surface area contributed by atoms with Crippen LogP contribution in [0, 0.1) is 6.92 Å². The van der Waals surface area contributed by atoms with E-state index in [0.29, 0.717) is 34.0 Å². The van der Waals surface area contributed by atoms with Gasteiger partial charge in [0.05, 0.1) is 18.5 Å². The number of anilines is 1. The summed E-state index contributed by atoms with van der Waals surface area (Å²) in [5, 5.41) is 6.74. The molecule has 0 fully saturated rings. The Morgan fingerprint density at radius 3 is 2.62 bits per heavy atom. The van der Waals surface area contributed by atoms with Gasteiger partial charge in [-0.15, -0.1) is 5.10 Å². The van der Waals surface area contributed by atoms with Crippen LogP contribution in [0.4, 0.5) is 5.69 Å². The maximum absolute atomic E-state index is 13.1. The van der Waals surface area contributed by atoms with Crippen molar-refractivity contribution in [1.82, 2.24) is 9.59 Å². The van der Waals surface area contributed by atoms with Gasteiger partial charge in [-0.1, -0.05) is 47.8 Å². The summed E-state index contributed by atoms with van der Waals surface area (Å²) < 4.78 is 14.7. The molecule has 2 aromatic carbocycles. The van der Waals surface area contributed by atoms with Crippen molar-refractivity contribution < 1.29 is 19.1 Å². The Bertz CT molecular complexity index is 1000. The molecule has 150 valence electrons. The first-order valence-corrected chi connectivity index (χ1v) is 9.83. The zero-order valence-corrected chi connectivity index (χ0v) is 17.2. The first-order chi connectivity index (χ1) is 14.0. The van der Waals surface area contributed by atoms with Crippen LogP contribution in [0.1, 0.15) is 39.5 Å². The van der Waals surface area contributed by atoms with Crippen molar-refractivity contribution in [3.63, 3.8) is 0 Å². The Kier molecular flexibility index (Phi) is 6.56. The van der Waals surface area contributed by atoms with E-state index in [1.54, 1.807) is 36.4 Å². The normalized spacial score (nSPS) is 11.6. The number of benzene rings is 2. The molecule has 0 unspecified atom stereocenters. The van der Waals surface area contributed by atoms with Gasteiger partial charge in [-0.05, 0) is 42.6 Å². The van der Waals surface area contributed by atoms with Crippen molar-refractivity contribution in [3.8, 4) is 5.75 Å². The van der Waals surface area contributed by atoms with Gasteiger partial charge >= 0.3 is 5.97 Å². The van der Waals surface area contributed by atoms with E-state index >= 15 is 0 Å². The molecule has 0 saturated heterocycles. The number of nitrogens with zero attached hydrogens (tertiary/aromatic N) is 2. The number of methoxy groups -OCH3 is 1. The standard InChI is InChI=1S/C21H21N3O4S/c1-4-15-19(29-24-23-15)21(26)28-18(14-8-6-5-7-9-14)20(25)22-16-12-13(2)10-11-17(16)27-3/h5-12,18H,4H2,1-3H3,(H,22,25)/t18-/m0/s1. The number of carbonyl (C=O) groups excluding carboxylic acids is 2. The predicted octanol–water partition coefficient (Wildman–Crippen LogP) is 3.95. The van der Waals surface area contributed by atoms with Crippen molar-refractivity contribution in [2.75, 3.05) is 12.4 Å². The molecule has 1 N–H and O–H groups in total. The number of carbonyl (C=O) groups is 2. The van der Waals surface area contributed by atoms with Gasteiger partial charge in [-0.3, -0.25) is 4.79 Å². The van der Waals surface area contributed by atoms with E-state index in [1.807, 2.05) is 26.0 Å². The highest BCUT2D eigenvalue weighted by atomic mass is 32.1. The molecular weight excluding hydrogens is 390 g/mol. The number of aromatic nitrogens is 2. The second-order valence-corrected chi connectivity index (χ2v) is 7.05. The van der Waals surface area contributed by atoms with Gasteiger partial charge in [0.1, 0.15) is 5.75 Å². The van der Waals surface area contributed by atoms with Crippen molar-refractivity contribution in [1.29, 1.82) is 0 Å². The quantitative estimate of drug-likeness (QED) is 0.592. The molecule has 1 amide bonds. The van der Waals surface area contributed by atoms with Crippen LogP contribution >= 0.6 is 11.5 Å². The van der Waals surface area contributed by atoms with Crippen molar-refractivity contribution in [2.24, 2.45) is 0 Å². The number of rotatable bonds is 7. The van der Waals surface area contributed by atoms with Gasteiger partial charge in [-0.25, -0.2) is 4.79 Å². The van der Waals surface area contributed by atoms with Crippen molar-refractivity contribution >= 4 is 29.1 Å². The Labute approximate surface area is 172 Å². The van der Waals surface area contributed by atoms with Crippen LogP contribution in [0.2, 0.25) is 0 Å². The SMILES string of the molecule is CCc1nnsc1C(=O)O[C@H](C(=O)Nc1cc(C)ccc1OC)c1ccccc1. The average Bonchev–Trinajstić information content (AvgIpc) is 3.21. The molecule has 0 bridgehead atoms. The number of nitrogens with one attached hydrogen (secondary N) is 1. The second kappa shape index (κ2) is 9.29. The fourth-order valence-corrected chi connectivity index (χ4v) is 3.41. The Balaban J connectivity index is 1.89. The van der Waals surface area contributed by atoms with E-state index in [9.17, 15) is 9.59 Å². The number of ether oxygens (including phenoxy) is 2. The molecule has 8 heteroatoms. The summed E-state index contributed by atoms with van der Waals surface area (Å²) in [7, 11) is 1.53. The zero-order chi connectivity index (χ0) is 20.8. The average molecular weight is 411 g/mol. The van der Waals surface area contributed by atoms with Crippen LogP contribution in [-0.2, 0) is 16.0 Å². The highest BCUT2D eigenvalue weighted by Gasteiger charge is 2.28. The fourth-order valence-electron chi connectivity index (χ4n) is 2.77. The van der Waals surface area contributed by atoms with Gasteiger partial charge in [0, 0.05) is 5.56 Å². The molecule has 0 saturated carbocycles. The number of amides is 1. The molecule has 0 radical (unpaired) electrons. The number of hydrogen-bond acceptors (Lipinski definition) is 7. The summed E-state index contributed by atoms with van der Waals surface area (Å²) in [6.45, 7) is 3.78. The maximum atomic E-state index is 13.1. The Hall–Kier alpha value is -3.26. The van der Waals surface area contributed by atoms with E-state index < -0.39 is 18.0 Å². The largest absolute Gasteiger partial charge is 0.495 e. The van der Waals surface area contributed by atoms with E-state index in [2.05, 4.69) is 14.9 Å². The molecule has 3 rings (SSSR count). The van der Waals surface area contributed by atoms with Crippen LogP contribution in [0.25, 0.3) is 0 Å². The maximum Gasteiger partial charge on any atom is 0.353 e. The van der Waals surface area contributed by atoms with Gasteiger partial charge in [0.25, 0.3) is 5.91 Å². The molecular formula is C21H21N3O4S. The zero-order valence-electron chi connectivity index (χ0n) is 16.3. The molecule has 7 nitrogen and oxygen atoms in total. The summed E-state index contributed by atoms with van der Waals surface area (Å²) in [5.74, 6) is -0.594. The minimum atomic E-state index is -1.14. The molecule has 3 aromatic rings. The summed E-state index contributed by atoms with van der Waals surface area (Å²) in [5.41, 5.74) is 2.56. The molecule has 0 aliphatic heterocycles. The molecule has 1 atom stereocenters. The third kappa shape index (κ3) is 4.78. The lowest BCUT2D eigenvalue weighted by Gasteiger charge is -2.19. The van der Waals surface area contributed by atoms with Crippen molar-refractivity contribution in [2.45, 2.75) is 26.4 Å². The van der Waals surface area contributed by atoms with Gasteiger partial charge in [-0.2, -0.15) is 0 Å². The molecule has 29 heavy (non-hydrogen) atoms. The third-order valence-corrected chi connectivity index (χ3v) is 5.00. The lowest BCUT2D eigenvalue weighted by Crippen LogP contribution is -2.26. The Morgan fingerprint density at radius 2 is 1.93 bits per heavy atom. The second-order valence-electron chi connectivity index (χ2n) is 6.29. The third-order valence-electron chi connectivity index (χ3n) is 4.25. The predicted molar refractivity (Wildman–Crippen MR) is 110 cm³/mol.